The minimum absolute atomic E-state index is 0.170. The number of carbonyl (C=O) groups excluding carboxylic acids is 1. The van der Waals surface area contributed by atoms with Gasteiger partial charge in [-0.2, -0.15) is 5.26 Å². The molecule has 0 fully saturated rings. The summed E-state index contributed by atoms with van der Waals surface area (Å²) < 4.78 is 20.0. The topological polar surface area (TPSA) is 53.3 Å². The van der Waals surface area contributed by atoms with E-state index in [0.717, 1.165) is 4.70 Å². The van der Waals surface area contributed by atoms with Crippen LogP contribution in [0.25, 0.3) is 10.1 Å². The molecule has 0 aliphatic carbocycles. The summed E-state index contributed by atoms with van der Waals surface area (Å²) in [4.78, 5) is 14.6. The van der Waals surface area contributed by atoms with Crippen molar-refractivity contribution < 1.29 is 13.9 Å². The van der Waals surface area contributed by atoms with Gasteiger partial charge in [0.1, 0.15) is 5.82 Å². The number of carbonyl (C=O) groups is 1. The van der Waals surface area contributed by atoms with E-state index in [0.29, 0.717) is 22.4 Å². The van der Waals surface area contributed by atoms with Gasteiger partial charge in [-0.3, -0.25) is 4.79 Å². The van der Waals surface area contributed by atoms with E-state index in [9.17, 15) is 9.18 Å². The van der Waals surface area contributed by atoms with Crippen molar-refractivity contribution in [3.05, 3.63) is 34.5 Å². The van der Waals surface area contributed by atoms with Gasteiger partial charge in [-0.15, -0.1) is 11.3 Å². The van der Waals surface area contributed by atoms with Gasteiger partial charge in [-0.1, -0.05) is 6.07 Å². The van der Waals surface area contributed by atoms with Crippen molar-refractivity contribution in [1.82, 2.24) is 4.90 Å². The van der Waals surface area contributed by atoms with Gasteiger partial charge in [0.05, 0.1) is 23.5 Å². The maximum atomic E-state index is 14.1. The molecule has 0 saturated heterocycles. The first-order chi connectivity index (χ1) is 10.5. The Hall–Kier alpha value is -1.97. The Morgan fingerprint density at radius 2 is 2.27 bits per heavy atom. The lowest BCUT2D eigenvalue weighted by atomic mass is 10.1. The summed E-state index contributed by atoms with van der Waals surface area (Å²) >= 11 is 1.26. The molecule has 1 aromatic carbocycles. The fourth-order valence-electron chi connectivity index (χ4n) is 2.33. The summed E-state index contributed by atoms with van der Waals surface area (Å²) in [6, 6.07) is 6.90. The molecule has 0 saturated carbocycles. The van der Waals surface area contributed by atoms with Crippen molar-refractivity contribution in [2.45, 2.75) is 13.5 Å². The van der Waals surface area contributed by atoms with Gasteiger partial charge in [0, 0.05) is 36.4 Å². The number of hydrogen-bond acceptors (Lipinski definition) is 4. The Kier molecular flexibility index (Phi) is 5.11. The van der Waals surface area contributed by atoms with E-state index in [4.69, 9.17) is 10.00 Å². The third-order valence-corrected chi connectivity index (χ3v) is 4.55. The maximum absolute atomic E-state index is 14.1. The summed E-state index contributed by atoms with van der Waals surface area (Å²) in [5, 5.41) is 9.31. The van der Waals surface area contributed by atoms with E-state index in [1.807, 2.05) is 0 Å². The molecule has 1 aromatic heterocycles. The summed E-state index contributed by atoms with van der Waals surface area (Å²) in [5.74, 6) is -0.825. The predicted octanol–water partition coefficient (Wildman–Crippen LogP) is 3.42. The van der Waals surface area contributed by atoms with Crippen LogP contribution in [-0.4, -0.2) is 31.5 Å². The van der Waals surface area contributed by atoms with Crippen LogP contribution in [0, 0.1) is 23.1 Å². The minimum Gasteiger partial charge on any atom is -0.380 e. The van der Waals surface area contributed by atoms with E-state index in [1.165, 1.54) is 29.4 Å². The number of thiophene rings is 1. The molecule has 116 valence electrons. The molecule has 6 heteroatoms. The highest BCUT2D eigenvalue weighted by molar-refractivity contribution is 7.21. The first-order valence-corrected chi connectivity index (χ1v) is 7.65. The zero-order chi connectivity index (χ0) is 16.3. The number of ether oxygens (including phenoxy) is 1. The van der Waals surface area contributed by atoms with Crippen molar-refractivity contribution in [3.8, 4) is 6.07 Å². The number of hydrogen-bond donors (Lipinski definition) is 0. The van der Waals surface area contributed by atoms with Crippen molar-refractivity contribution in [1.29, 1.82) is 5.26 Å². The van der Waals surface area contributed by atoms with Gasteiger partial charge in [0.15, 0.2) is 0 Å². The number of halogens is 1. The number of benzene rings is 1. The Labute approximate surface area is 132 Å². The molecule has 22 heavy (non-hydrogen) atoms. The van der Waals surface area contributed by atoms with Gasteiger partial charge in [-0.25, -0.2) is 4.39 Å². The van der Waals surface area contributed by atoms with Crippen molar-refractivity contribution in [2.24, 2.45) is 5.92 Å². The Bertz CT molecular complexity index is 736. The minimum atomic E-state index is -0.354. The van der Waals surface area contributed by atoms with Crippen molar-refractivity contribution in [2.75, 3.05) is 20.7 Å². The van der Waals surface area contributed by atoms with Gasteiger partial charge < -0.3 is 9.64 Å². The van der Waals surface area contributed by atoms with Gasteiger partial charge in [-0.05, 0) is 19.1 Å². The SMILES string of the molecule is COCc1c(C(=O)N(C)CC(C)C#N)sc2cccc(F)c12. The summed E-state index contributed by atoms with van der Waals surface area (Å²) in [7, 11) is 3.16. The standard InChI is InChI=1S/C16H17FN2O2S/c1-10(7-18)8-19(2)16(20)15-11(9-21-3)14-12(17)5-4-6-13(14)22-15/h4-6,10H,8-9H2,1-3H3. The zero-order valence-corrected chi connectivity index (χ0v) is 13.5. The van der Waals surface area contributed by atoms with Crippen LogP contribution in [-0.2, 0) is 11.3 Å². The van der Waals surface area contributed by atoms with Crippen LogP contribution >= 0.6 is 11.3 Å². The van der Waals surface area contributed by atoms with Crippen LogP contribution in [0.15, 0.2) is 18.2 Å². The van der Waals surface area contributed by atoms with Gasteiger partial charge in [0.25, 0.3) is 5.91 Å². The monoisotopic (exact) mass is 320 g/mol. The van der Waals surface area contributed by atoms with E-state index in [2.05, 4.69) is 6.07 Å². The van der Waals surface area contributed by atoms with E-state index in [-0.39, 0.29) is 24.2 Å². The highest BCUT2D eigenvalue weighted by Crippen LogP contribution is 2.34. The third kappa shape index (κ3) is 3.11. The molecule has 0 spiro atoms. The molecule has 2 aromatic rings. The van der Waals surface area contributed by atoms with Crippen LogP contribution < -0.4 is 0 Å². The normalized spacial score (nSPS) is 12.1. The lowest BCUT2D eigenvalue weighted by Gasteiger charge is -2.18. The first kappa shape index (κ1) is 16.4. The quantitative estimate of drug-likeness (QED) is 0.848. The number of nitrogens with zero attached hydrogens (tertiary/aromatic N) is 2. The van der Waals surface area contributed by atoms with Crippen LogP contribution in [0.4, 0.5) is 4.39 Å². The van der Waals surface area contributed by atoms with Crippen LogP contribution in [0.3, 0.4) is 0 Å². The van der Waals surface area contributed by atoms with E-state index in [1.54, 1.807) is 26.1 Å². The lowest BCUT2D eigenvalue weighted by molar-refractivity contribution is 0.0785. The van der Waals surface area contributed by atoms with Crippen molar-refractivity contribution >= 4 is 27.3 Å². The molecule has 0 bridgehead atoms. The average molecular weight is 320 g/mol. The molecule has 0 N–H and O–H groups in total. The van der Waals surface area contributed by atoms with Crippen LogP contribution in [0.2, 0.25) is 0 Å². The predicted molar refractivity (Wildman–Crippen MR) is 84.2 cm³/mol. The second-order valence-electron chi connectivity index (χ2n) is 5.17. The molecule has 4 nitrogen and oxygen atoms in total. The first-order valence-electron chi connectivity index (χ1n) is 6.83. The largest absolute Gasteiger partial charge is 0.380 e. The van der Waals surface area contributed by atoms with Gasteiger partial charge >= 0.3 is 0 Å². The Morgan fingerprint density at radius 1 is 1.55 bits per heavy atom. The molecular formula is C16H17FN2O2S. The van der Waals surface area contributed by atoms with Crippen molar-refractivity contribution in [3.63, 3.8) is 0 Å². The molecule has 0 radical (unpaired) electrons. The molecule has 1 amide bonds. The number of methoxy groups -OCH3 is 1. The summed E-state index contributed by atoms with van der Waals surface area (Å²) in [6.45, 7) is 2.26. The van der Waals surface area contributed by atoms with Crippen LogP contribution in [0.1, 0.15) is 22.2 Å². The molecule has 1 atom stereocenters. The number of amides is 1. The Morgan fingerprint density at radius 3 is 2.91 bits per heavy atom. The van der Waals surface area contributed by atoms with E-state index >= 15 is 0 Å². The third-order valence-electron chi connectivity index (χ3n) is 3.36. The van der Waals surface area contributed by atoms with Gasteiger partial charge in [0.2, 0.25) is 0 Å². The van der Waals surface area contributed by atoms with E-state index < -0.39 is 0 Å². The smallest absolute Gasteiger partial charge is 0.264 e. The fourth-order valence-corrected chi connectivity index (χ4v) is 3.55. The average Bonchev–Trinajstić information content (AvgIpc) is 2.86. The molecule has 0 aliphatic rings. The zero-order valence-electron chi connectivity index (χ0n) is 12.7. The molecule has 1 unspecified atom stereocenters. The summed E-state index contributed by atoms with van der Waals surface area (Å²) in [6.07, 6.45) is 0. The highest BCUT2D eigenvalue weighted by Gasteiger charge is 2.23. The second kappa shape index (κ2) is 6.86. The lowest BCUT2D eigenvalue weighted by Crippen LogP contribution is -2.30. The fraction of sp³-hybridized carbons (Fsp3) is 0.375. The number of fused-ring (bicyclic) bond motifs is 1. The summed E-state index contributed by atoms with van der Waals surface area (Å²) in [5.41, 5.74) is 0.571. The Balaban J connectivity index is 2.46. The molecule has 1 heterocycles. The molecule has 2 rings (SSSR count). The second-order valence-corrected chi connectivity index (χ2v) is 6.22. The number of nitriles is 1. The maximum Gasteiger partial charge on any atom is 0.264 e. The van der Waals surface area contributed by atoms with Crippen LogP contribution in [0.5, 0.6) is 0 Å². The molecule has 0 aliphatic heterocycles. The highest BCUT2D eigenvalue weighted by atomic mass is 32.1. The molecular weight excluding hydrogens is 303 g/mol. The number of rotatable bonds is 5.